The van der Waals surface area contributed by atoms with Crippen LogP contribution in [0.2, 0.25) is 0 Å². The molecule has 5 heteroatoms. The smallest absolute Gasteiger partial charge is 0.144 e. The molecule has 1 heterocycles. The number of benzene rings is 1. The van der Waals surface area contributed by atoms with Crippen molar-refractivity contribution in [2.24, 2.45) is 0 Å². The molecule has 106 valence electrons. The van der Waals surface area contributed by atoms with Crippen LogP contribution in [0.3, 0.4) is 0 Å². The van der Waals surface area contributed by atoms with Crippen LogP contribution in [0.25, 0.3) is 0 Å². The van der Waals surface area contributed by atoms with Gasteiger partial charge in [0.25, 0.3) is 0 Å². The van der Waals surface area contributed by atoms with Crippen LogP contribution in [0, 0.1) is 0 Å². The van der Waals surface area contributed by atoms with Crippen molar-refractivity contribution >= 4 is 11.4 Å². The van der Waals surface area contributed by atoms with Crippen molar-refractivity contribution in [2.45, 2.75) is 32.0 Å². The van der Waals surface area contributed by atoms with Crippen molar-refractivity contribution in [3.05, 3.63) is 18.2 Å². The predicted octanol–water partition coefficient (Wildman–Crippen LogP) is 1.62. The fourth-order valence-electron chi connectivity index (χ4n) is 2.23. The number of hydrogen-bond acceptors (Lipinski definition) is 5. The molecule has 2 atom stereocenters. The van der Waals surface area contributed by atoms with Crippen LogP contribution >= 0.6 is 0 Å². The Kier molecular flexibility index (Phi) is 4.17. The summed E-state index contributed by atoms with van der Waals surface area (Å²) in [6.45, 7) is 5.37. The SMILES string of the molecule is CCOc1cccc(NCC2(O)CCOC2C)c1N. The highest BCUT2D eigenvalue weighted by molar-refractivity contribution is 5.73. The van der Waals surface area contributed by atoms with Crippen LogP contribution in [0.5, 0.6) is 5.75 Å². The largest absolute Gasteiger partial charge is 0.492 e. The van der Waals surface area contributed by atoms with Crippen molar-refractivity contribution in [1.29, 1.82) is 0 Å². The Morgan fingerprint density at radius 2 is 2.37 bits per heavy atom. The summed E-state index contributed by atoms with van der Waals surface area (Å²) < 4.78 is 10.8. The molecule has 0 spiro atoms. The van der Waals surface area contributed by atoms with Gasteiger partial charge in [0.1, 0.15) is 11.4 Å². The molecule has 0 aromatic heterocycles. The number of para-hydroxylation sites is 1. The number of nitrogen functional groups attached to an aromatic ring is 1. The fourth-order valence-corrected chi connectivity index (χ4v) is 2.23. The Bertz CT molecular complexity index is 439. The van der Waals surface area contributed by atoms with Crippen LogP contribution in [0.15, 0.2) is 18.2 Å². The third-order valence-electron chi connectivity index (χ3n) is 3.61. The average molecular weight is 266 g/mol. The molecule has 1 aliphatic heterocycles. The fraction of sp³-hybridized carbons (Fsp3) is 0.571. The van der Waals surface area contributed by atoms with Gasteiger partial charge in [-0.3, -0.25) is 0 Å². The third kappa shape index (κ3) is 2.93. The quantitative estimate of drug-likeness (QED) is 0.706. The summed E-state index contributed by atoms with van der Waals surface area (Å²) in [5.41, 5.74) is 6.54. The van der Waals surface area contributed by atoms with Gasteiger partial charge in [-0.2, -0.15) is 0 Å². The number of anilines is 2. The van der Waals surface area contributed by atoms with E-state index in [1.807, 2.05) is 32.0 Å². The number of nitrogens with two attached hydrogens (primary N) is 1. The maximum Gasteiger partial charge on any atom is 0.144 e. The zero-order valence-electron chi connectivity index (χ0n) is 11.5. The average Bonchev–Trinajstić information content (AvgIpc) is 2.71. The lowest BCUT2D eigenvalue weighted by Crippen LogP contribution is -2.43. The second-order valence-corrected chi connectivity index (χ2v) is 4.87. The van der Waals surface area contributed by atoms with E-state index in [4.69, 9.17) is 15.2 Å². The molecule has 4 N–H and O–H groups in total. The van der Waals surface area contributed by atoms with Crippen molar-refractivity contribution < 1.29 is 14.6 Å². The van der Waals surface area contributed by atoms with E-state index < -0.39 is 5.60 Å². The van der Waals surface area contributed by atoms with Gasteiger partial charge in [-0.1, -0.05) is 6.07 Å². The van der Waals surface area contributed by atoms with Gasteiger partial charge < -0.3 is 25.6 Å². The second kappa shape index (κ2) is 5.67. The van der Waals surface area contributed by atoms with Crippen LogP contribution in [-0.2, 0) is 4.74 Å². The first kappa shape index (κ1) is 14.0. The van der Waals surface area contributed by atoms with Crippen LogP contribution in [-0.4, -0.2) is 36.6 Å². The molecule has 19 heavy (non-hydrogen) atoms. The summed E-state index contributed by atoms with van der Waals surface area (Å²) in [6, 6.07) is 5.59. The lowest BCUT2D eigenvalue weighted by molar-refractivity contribution is -0.0175. The Morgan fingerprint density at radius 1 is 1.58 bits per heavy atom. The number of rotatable bonds is 5. The molecule has 0 radical (unpaired) electrons. The highest BCUT2D eigenvalue weighted by atomic mass is 16.5. The van der Waals surface area contributed by atoms with E-state index in [9.17, 15) is 5.11 Å². The minimum atomic E-state index is -0.839. The van der Waals surface area contributed by atoms with Crippen molar-refractivity contribution in [3.63, 3.8) is 0 Å². The number of aliphatic hydroxyl groups is 1. The Labute approximate surface area is 113 Å². The van der Waals surface area contributed by atoms with Crippen LogP contribution in [0.4, 0.5) is 11.4 Å². The van der Waals surface area contributed by atoms with Gasteiger partial charge in [-0.25, -0.2) is 0 Å². The van der Waals surface area contributed by atoms with Crippen molar-refractivity contribution in [3.8, 4) is 5.75 Å². The minimum Gasteiger partial charge on any atom is -0.492 e. The van der Waals surface area contributed by atoms with E-state index in [1.165, 1.54) is 0 Å². The maximum atomic E-state index is 10.4. The van der Waals surface area contributed by atoms with Crippen molar-refractivity contribution in [1.82, 2.24) is 0 Å². The van der Waals surface area contributed by atoms with E-state index in [2.05, 4.69) is 5.32 Å². The first-order chi connectivity index (χ1) is 9.07. The Hall–Kier alpha value is -1.46. The van der Waals surface area contributed by atoms with Crippen LogP contribution < -0.4 is 15.8 Å². The molecule has 0 amide bonds. The van der Waals surface area contributed by atoms with E-state index in [0.717, 1.165) is 5.69 Å². The molecule has 0 bridgehead atoms. The van der Waals surface area contributed by atoms with Gasteiger partial charge in [0.05, 0.1) is 24.1 Å². The van der Waals surface area contributed by atoms with E-state index in [0.29, 0.717) is 37.6 Å². The minimum absolute atomic E-state index is 0.170. The van der Waals surface area contributed by atoms with E-state index in [1.54, 1.807) is 0 Å². The molecule has 1 aliphatic rings. The first-order valence-corrected chi connectivity index (χ1v) is 6.66. The van der Waals surface area contributed by atoms with Crippen molar-refractivity contribution in [2.75, 3.05) is 30.8 Å². The number of nitrogens with one attached hydrogen (secondary N) is 1. The summed E-state index contributed by atoms with van der Waals surface area (Å²) in [6.07, 6.45) is 0.461. The van der Waals surface area contributed by atoms with Gasteiger partial charge in [0, 0.05) is 19.6 Å². The third-order valence-corrected chi connectivity index (χ3v) is 3.61. The maximum absolute atomic E-state index is 10.4. The molecule has 1 aromatic carbocycles. The molecule has 5 nitrogen and oxygen atoms in total. The Morgan fingerprint density at radius 3 is 3.00 bits per heavy atom. The van der Waals surface area contributed by atoms with Gasteiger partial charge in [0.15, 0.2) is 0 Å². The highest BCUT2D eigenvalue weighted by Crippen LogP contribution is 2.31. The number of ether oxygens (including phenoxy) is 2. The van der Waals surface area contributed by atoms with Gasteiger partial charge in [0.2, 0.25) is 0 Å². The molecular weight excluding hydrogens is 244 g/mol. The standard InChI is InChI=1S/C14H22N2O3/c1-3-18-12-6-4-5-11(13(12)15)16-9-14(17)7-8-19-10(14)2/h4-6,10,16-17H,3,7-9,15H2,1-2H3. The van der Waals surface area contributed by atoms with Gasteiger partial charge in [-0.15, -0.1) is 0 Å². The summed E-state index contributed by atoms with van der Waals surface area (Å²) in [4.78, 5) is 0. The molecule has 2 unspecified atom stereocenters. The predicted molar refractivity (Wildman–Crippen MR) is 75.5 cm³/mol. The summed E-state index contributed by atoms with van der Waals surface area (Å²) in [5.74, 6) is 0.662. The summed E-state index contributed by atoms with van der Waals surface area (Å²) in [5, 5.41) is 13.6. The van der Waals surface area contributed by atoms with E-state index in [-0.39, 0.29) is 6.10 Å². The zero-order valence-corrected chi connectivity index (χ0v) is 11.5. The van der Waals surface area contributed by atoms with Gasteiger partial charge in [-0.05, 0) is 26.0 Å². The summed E-state index contributed by atoms with van der Waals surface area (Å²) >= 11 is 0. The molecule has 0 saturated carbocycles. The van der Waals surface area contributed by atoms with Crippen LogP contribution in [0.1, 0.15) is 20.3 Å². The van der Waals surface area contributed by atoms with E-state index >= 15 is 0 Å². The highest BCUT2D eigenvalue weighted by Gasteiger charge is 2.39. The first-order valence-electron chi connectivity index (χ1n) is 6.66. The monoisotopic (exact) mass is 266 g/mol. The molecule has 1 aromatic rings. The molecule has 0 aliphatic carbocycles. The zero-order chi connectivity index (χ0) is 13.9. The lowest BCUT2D eigenvalue weighted by Gasteiger charge is -2.27. The normalized spacial score (nSPS) is 26.4. The molecule has 1 fully saturated rings. The second-order valence-electron chi connectivity index (χ2n) is 4.87. The number of hydrogen-bond donors (Lipinski definition) is 3. The topological polar surface area (TPSA) is 76.7 Å². The molecular formula is C14H22N2O3. The van der Waals surface area contributed by atoms with Gasteiger partial charge >= 0.3 is 0 Å². The molecule has 1 saturated heterocycles. The molecule has 2 rings (SSSR count). The Balaban J connectivity index is 2.05. The lowest BCUT2D eigenvalue weighted by atomic mass is 9.96. The summed E-state index contributed by atoms with van der Waals surface area (Å²) in [7, 11) is 0.